The van der Waals surface area contributed by atoms with Crippen LogP contribution in [0.4, 0.5) is 0 Å². The maximum Gasteiger partial charge on any atom is 0.342 e. The summed E-state index contributed by atoms with van der Waals surface area (Å²) in [5.74, 6) is -0.0670. The summed E-state index contributed by atoms with van der Waals surface area (Å²) in [6.07, 6.45) is 0. The van der Waals surface area contributed by atoms with E-state index in [-0.39, 0.29) is 17.9 Å². The Labute approximate surface area is 121 Å². The standard InChI is InChI=1S/C15H13ClO4/c1-19-12-5-2-10(3-6-12)9-20-15(18)13-7-4-11(16)8-14(13)17/h2-8,17H,9H2,1H3. The molecule has 0 amide bonds. The first kappa shape index (κ1) is 14.2. The topological polar surface area (TPSA) is 55.8 Å². The Morgan fingerprint density at radius 1 is 1.20 bits per heavy atom. The second kappa shape index (κ2) is 6.30. The van der Waals surface area contributed by atoms with Crippen molar-refractivity contribution in [1.29, 1.82) is 0 Å². The molecule has 1 N–H and O–H groups in total. The van der Waals surface area contributed by atoms with Crippen molar-refractivity contribution >= 4 is 17.6 Å². The van der Waals surface area contributed by atoms with Gasteiger partial charge in [-0.05, 0) is 35.9 Å². The quantitative estimate of drug-likeness (QED) is 0.877. The highest BCUT2D eigenvalue weighted by atomic mass is 35.5. The van der Waals surface area contributed by atoms with E-state index >= 15 is 0 Å². The smallest absolute Gasteiger partial charge is 0.342 e. The van der Waals surface area contributed by atoms with Crippen LogP contribution in [0.5, 0.6) is 11.5 Å². The molecule has 0 aliphatic heterocycles. The molecule has 104 valence electrons. The lowest BCUT2D eigenvalue weighted by Gasteiger charge is -2.07. The van der Waals surface area contributed by atoms with Gasteiger partial charge < -0.3 is 14.6 Å². The summed E-state index contributed by atoms with van der Waals surface area (Å²) in [7, 11) is 1.58. The van der Waals surface area contributed by atoms with Gasteiger partial charge in [0.25, 0.3) is 0 Å². The summed E-state index contributed by atoms with van der Waals surface area (Å²) < 4.78 is 10.2. The largest absolute Gasteiger partial charge is 0.507 e. The Balaban J connectivity index is 2.00. The molecule has 2 aromatic rings. The second-order valence-corrected chi connectivity index (χ2v) is 4.52. The van der Waals surface area contributed by atoms with Crippen LogP contribution >= 0.6 is 11.6 Å². The average Bonchev–Trinajstić information content (AvgIpc) is 2.45. The third-order valence-electron chi connectivity index (χ3n) is 2.71. The zero-order chi connectivity index (χ0) is 14.5. The van der Waals surface area contributed by atoms with E-state index in [2.05, 4.69) is 0 Å². The Kier molecular flexibility index (Phi) is 4.48. The number of ether oxygens (including phenoxy) is 2. The highest BCUT2D eigenvalue weighted by Gasteiger charge is 2.13. The van der Waals surface area contributed by atoms with Gasteiger partial charge in [-0.2, -0.15) is 0 Å². The Morgan fingerprint density at radius 3 is 2.50 bits per heavy atom. The van der Waals surface area contributed by atoms with Crippen LogP contribution in [-0.4, -0.2) is 18.2 Å². The summed E-state index contributed by atoms with van der Waals surface area (Å²) in [5.41, 5.74) is 0.913. The molecule has 0 spiro atoms. The lowest BCUT2D eigenvalue weighted by molar-refractivity contribution is 0.0469. The minimum absolute atomic E-state index is 0.0860. The zero-order valence-electron chi connectivity index (χ0n) is 10.8. The zero-order valence-corrected chi connectivity index (χ0v) is 11.6. The number of carbonyl (C=O) groups is 1. The molecule has 0 heterocycles. The number of methoxy groups -OCH3 is 1. The summed E-state index contributed by atoms with van der Waals surface area (Å²) >= 11 is 5.70. The third-order valence-corrected chi connectivity index (χ3v) is 2.94. The van der Waals surface area contributed by atoms with Gasteiger partial charge in [-0.25, -0.2) is 4.79 Å². The van der Waals surface area contributed by atoms with Gasteiger partial charge in [-0.3, -0.25) is 0 Å². The van der Waals surface area contributed by atoms with E-state index in [9.17, 15) is 9.90 Å². The molecule has 0 aliphatic carbocycles. The van der Waals surface area contributed by atoms with Gasteiger partial charge in [0.05, 0.1) is 7.11 Å². The van der Waals surface area contributed by atoms with Gasteiger partial charge in [0.15, 0.2) is 0 Å². The fourth-order valence-electron chi connectivity index (χ4n) is 1.63. The summed E-state index contributed by atoms with van der Waals surface area (Å²) in [4.78, 5) is 11.8. The molecular formula is C15H13ClO4. The number of aromatic hydroxyl groups is 1. The molecule has 0 bridgehead atoms. The normalized spacial score (nSPS) is 10.1. The minimum Gasteiger partial charge on any atom is -0.507 e. The van der Waals surface area contributed by atoms with Crippen LogP contribution in [0, 0.1) is 0 Å². The van der Waals surface area contributed by atoms with Gasteiger partial charge >= 0.3 is 5.97 Å². The molecule has 0 radical (unpaired) electrons. The van der Waals surface area contributed by atoms with Gasteiger partial charge in [0, 0.05) is 5.02 Å². The SMILES string of the molecule is COc1ccc(COC(=O)c2ccc(Cl)cc2O)cc1. The Hall–Kier alpha value is -2.20. The van der Waals surface area contributed by atoms with Crippen LogP contribution in [0.15, 0.2) is 42.5 Å². The Bertz CT molecular complexity index is 608. The molecule has 20 heavy (non-hydrogen) atoms. The number of phenols is 1. The van der Waals surface area contributed by atoms with Crippen molar-refractivity contribution in [3.8, 4) is 11.5 Å². The summed E-state index contributed by atoms with van der Waals surface area (Å²) in [6, 6.07) is 11.4. The molecule has 2 rings (SSSR count). The molecular weight excluding hydrogens is 280 g/mol. The van der Waals surface area contributed by atoms with Gasteiger partial charge in [0.2, 0.25) is 0 Å². The van der Waals surface area contributed by atoms with E-state index in [0.717, 1.165) is 11.3 Å². The van der Waals surface area contributed by atoms with Crippen LogP contribution in [0.25, 0.3) is 0 Å². The number of carbonyl (C=O) groups excluding carboxylic acids is 1. The van der Waals surface area contributed by atoms with E-state index in [0.29, 0.717) is 5.02 Å². The predicted octanol–water partition coefficient (Wildman–Crippen LogP) is 3.41. The monoisotopic (exact) mass is 292 g/mol. The van der Waals surface area contributed by atoms with Crippen molar-refractivity contribution in [2.75, 3.05) is 7.11 Å². The first-order valence-electron chi connectivity index (χ1n) is 5.88. The van der Waals surface area contributed by atoms with Crippen LogP contribution in [0.2, 0.25) is 5.02 Å². The van der Waals surface area contributed by atoms with Crippen LogP contribution in [-0.2, 0) is 11.3 Å². The first-order valence-corrected chi connectivity index (χ1v) is 6.26. The second-order valence-electron chi connectivity index (χ2n) is 4.09. The highest BCUT2D eigenvalue weighted by Crippen LogP contribution is 2.23. The molecule has 0 aromatic heterocycles. The van der Waals surface area contributed by atoms with Gasteiger partial charge in [-0.1, -0.05) is 23.7 Å². The molecule has 0 saturated heterocycles. The van der Waals surface area contributed by atoms with Crippen molar-refractivity contribution in [2.24, 2.45) is 0 Å². The van der Waals surface area contributed by atoms with Crippen LogP contribution in [0.1, 0.15) is 15.9 Å². The van der Waals surface area contributed by atoms with E-state index in [4.69, 9.17) is 21.1 Å². The Morgan fingerprint density at radius 2 is 1.90 bits per heavy atom. The number of halogens is 1. The highest BCUT2D eigenvalue weighted by molar-refractivity contribution is 6.30. The third kappa shape index (κ3) is 3.42. The van der Waals surface area contributed by atoms with E-state index in [1.165, 1.54) is 18.2 Å². The lowest BCUT2D eigenvalue weighted by atomic mass is 10.2. The fraction of sp³-hybridized carbons (Fsp3) is 0.133. The minimum atomic E-state index is -0.602. The lowest BCUT2D eigenvalue weighted by Crippen LogP contribution is -2.05. The molecule has 5 heteroatoms. The van der Waals surface area contributed by atoms with Crippen LogP contribution in [0.3, 0.4) is 0 Å². The molecule has 0 atom stereocenters. The van der Waals surface area contributed by atoms with E-state index in [1.807, 2.05) is 0 Å². The van der Waals surface area contributed by atoms with Crippen molar-refractivity contribution < 1.29 is 19.4 Å². The van der Waals surface area contributed by atoms with Crippen molar-refractivity contribution in [2.45, 2.75) is 6.61 Å². The number of phenolic OH excluding ortho intramolecular Hbond substituents is 1. The molecule has 4 nitrogen and oxygen atoms in total. The van der Waals surface area contributed by atoms with Crippen LogP contribution < -0.4 is 4.74 Å². The number of hydrogen-bond acceptors (Lipinski definition) is 4. The van der Waals surface area contributed by atoms with Crippen molar-refractivity contribution in [1.82, 2.24) is 0 Å². The fourth-order valence-corrected chi connectivity index (χ4v) is 1.79. The molecule has 0 fully saturated rings. The average molecular weight is 293 g/mol. The van der Waals surface area contributed by atoms with Crippen molar-refractivity contribution in [3.63, 3.8) is 0 Å². The van der Waals surface area contributed by atoms with Gasteiger partial charge in [0.1, 0.15) is 23.7 Å². The number of hydrogen-bond donors (Lipinski definition) is 1. The molecule has 0 saturated carbocycles. The number of rotatable bonds is 4. The maximum absolute atomic E-state index is 11.8. The molecule has 2 aromatic carbocycles. The predicted molar refractivity (Wildman–Crippen MR) is 75.2 cm³/mol. The summed E-state index contributed by atoms with van der Waals surface area (Å²) in [5, 5.41) is 9.98. The maximum atomic E-state index is 11.8. The van der Waals surface area contributed by atoms with E-state index in [1.54, 1.807) is 31.4 Å². The summed E-state index contributed by atoms with van der Waals surface area (Å²) in [6.45, 7) is 0.116. The molecule has 0 aliphatic rings. The first-order chi connectivity index (χ1) is 9.60. The van der Waals surface area contributed by atoms with E-state index < -0.39 is 5.97 Å². The van der Waals surface area contributed by atoms with Gasteiger partial charge in [-0.15, -0.1) is 0 Å². The number of esters is 1. The number of benzene rings is 2. The van der Waals surface area contributed by atoms with Crippen molar-refractivity contribution in [3.05, 3.63) is 58.6 Å². The molecule has 0 unspecified atom stereocenters.